The van der Waals surface area contributed by atoms with E-state index in [1.165, 1.54) is 96.3 Å². The molecular formula is C40H72O4. The molecule has 0 aliphatic carbocycles. The molecule has 0 fully saturated rings. The molecule has 0 heterocycles. The van der Waals surface area contributed by atoms with Gasteiger partial charge in [-0.3, -0.25) is 9.59 Å². The molecular weight excluding hydrogens is 544 g/mol. The second kappa shape index (κ2) is 35.6. The zero-order valence-electron chi connectivity index (χ0n) is 29.2. The summed E-state index contributed by atoms with van der Waals surface area (Å²) in [5.74, 6) is -0.664. The predicted octanol–water partition coefficient (Wildman–Crippen LogP) is 13.0. The fraction of sp³-hybridized carbons (Fsp3) is 0.800. The van der Waals surface area contributed by atoms with E-state index in [1.807, 2.05) is 0 Å². The number of hydrogen-bond donors (Lipinski definition) is 1. The monoisotopic (exact) mass is 617 g/mol. The van der Waals surface area contributed by atoms with Gasteiger partial charge in [-0.05, 0) is 70.6 Å². The summed E-state index contributed by atoms with van der Waals surface area (Å²) in [6, 6.07) is 0. The largest absolute Gasteiger partial charge is 0.481 e. The van der Waals surface area contributed by atoms with E-state index in [9.17, 15) is 9.59 Å². The molecule has 0 amide bonds. The van der Waals surface area contributed by atoms with Crippen molar-refractivity contribution in [1.29, 1.82) is 0 Å². The van der Waals surface area contributed by atoms with Gasteiger partial charge in [-0.15, -0.1) is 0 Å². The van der Waals surface area contributed by atoms with Crippen LogP contribution in [0.25, 0.3) is 0 Å². The third-order valence-electron chi connectivity index (χ3n) is 8.38. The smallest absolute Gasteiger partial charge is 0.306 e. The Morgan fingerprint density at radius 1 is 0.523 bits per heavy atom. The number of aliphatic carboxylic acids is 1. The van der Waals surface area contributed by atoms with E-state index < -0.39 is 5.97 Å². The van der Waals surface area contributed by atoms with Crippen LogP contribution in [-0.2, 0) is 14.3 Å². The van der Waals surface area contributed by atoms with Crippen LogP contribution in [0.4, 0.5) is 0 Å². The summed E-state index contributed by atoms with van der Waals surface area (Å²) in [6.07, 6.45) is 45.9. The molecule has 0 saturated carbocycles. The van der Waals surface area contributed by atoms with Crippen molar-refractivity contribution < 1.29 is 19.4 Å². The number of hydrogen-bond acceptors (Lipinski definition) is 3. The summed E-state index contributed by atoms with van der Waals surface area (Å²) in [7, 11) is 0. The molecule has 0 aromatic heterocycles. The van der Waals surface area contributed by atoms with Crippen molar-refractivity contribution in [2.45, 2.75) is 206 Å². The van der Waals surface area contributed by atoms with Crippen molar-refractivity contribution in [3.05, 3.63) is 36.5 Å². The Labute approximate surface area is 273 Å². The van der Waals surface area contributed by atoms with Crippen LogP contribution in [0.1, 0.15) is 200 Å². The van der Waals surface area contributed by atoms with E-state index in [1.54, 1.807) is 0 Å². The van der Waals surface area contributed by atoms with Gasteiger partial charge in [0.1, 0.15) is 6.10 Å². The lowest BCUT2D eigenvalue weighted by Gasteiger charge is -2.18. The molecule has 1 unspecified atom stereocenters. The number of unbranched alkanes of at least 4 members (excludes halogenated alkanes) is 19. The highest BCUT2D eigenvalue weighted by Gasteiger charge is 2.14. The van der Waals surface area contributed by atoms with E-state index in [4.69, 9.17) is 9.84 Å². The fourth-order valence-electron chi connectivity index (χ4n) is 5.61. The maximum atomic E-state index is 12.6. The molecule has 0 spiro atoms. The van der Waals surface area contributed by atoms with Crippen molar-refractivity contribution in [3.63, 3.8) is 0 Å². The molecule has 0 aliphatic heterocycles. The number of carbonyl (C=O) groups is 2. The van der Waals surface area contributed by atoms with E-state index in [-0.39, 0.29) is 12.1 Å². The summed E-state index contributed by atoms with van der Waals surface area (Å²) in [6.45, 7) is 4.43. The molecule has 0 rings (SSSR count). The molecule has 0 saturated heterocycles. The quantitative estimate of drug-likeness (QED) is 0.0444. The van der Waals surface area contributed by atoms with Gasteiger partial charge >= 0.3 is 11.9 Å². The normalized spacial score (nSPS) is 12.6. The Morgan fingerprint density at radius 3 is 1.48 bits per heavy atom. The molecule has 256 valence electrons. The molecule has 0 aromatic rings. The molecule has 1 N–H and O–H groups in total. The van der Waals surface area contributed by atoms with E-state index in [0.29, 0.717) is 12.8 Å². The van der Waals surface area contributed by atoms with Gasteiger partial charge in [0.25, 0.3) is 0 Å². The molecule has 0 bridgehead atoms. The Bertz CT molecular complexity index is 708. The first-order valence-electron chi connectivity index (χ1n) is 19.0. The number of rotatable bonds is 34. The van der Waals surface area contributed by atoms with Crippen LogP contribution in [-0.4, -0.2) is 23.1 Å². The minimum atomic E-state index is -0.679. The standard InChI is InChI=1S/C40H72O4/c1-3-5-7-9-11-12-13-14-15-16-17-21-25-29-33-37-40(43)44-38(34-30-26-22-10-8-6-4-2)35-31-27-23-19-18-20-24-28-32-36-39(41)42/h5,7,11-12,14-15,38H,3-4,6,8-10,13,16-37H2,1-2H3,(H,41,42)/b7-5-,12-11-,15-14-. The van der Waals surface area contributed by atoms with Gasteiger partial charge in [0.15, 0.2) is 0 Å². The molecule has 44 heavy (non-hydrogen) atoms. The zero-order valence-corrected chi connectivity index (χ0v) is 29.2. The van der Waals surface area contributed by atoms with Crippen LogP contribution in [0.15, 0.2) is 36.5 Å². The lowest BCUT2D eigenvalue weighted by Crippen LogP contribution is -2.18. The average Bonchev–Trinajstić information content (AvgIpc) is 3.01. The van der Waals surface area contributed by atoms with Crippen molar-refractivity contribution in [2.75, 3.05) is 0 Å². The summed E-state index contributed by atoms with van der Waals surface area (Å²) >= 11 is 0. The molecule has 1 atom stereocenters. The minimum absolute atomic E-state index is 0.0158. The van der Waals surface area contributed by atoms with Crippen LogP contribution in [0.3, 0.4) is 0 Å². The van der Waals surface area contributed by atoms with Gasteiger partial charge in [0.05, 0.1) is 0 Å². The Hall–Kier alpha value is -1.84. The molecule has 4 heteroatoms. The third kappa shape index (κ3) is 34.6. The van der Waals surface area contributed by atoms with Gasteiger partial charge in [-0.2, -0.15) is 0 Å². The second-order valence-electron chi connectivity index (χ2n) is 12.7. The van der Waals surface area contributed by atoms with Gasteiger partial charge in [0, 0.05) is 12.8 Å². The number of ether oxygens (including phenoxy) is 1. The van der Waals surface area contributed by atoms with Crippen LogP contribution < -0.4 is 0 Å². The first kappa shape index (κ1) is 42.2. The van der Waals surface area contributed by atoms with Gasteiger partial charge in [-0.25, -0.2) is 0 Å². The number of carbonyl (C=O) groups excluding carboxylic acids is 1. The van der Waals surface area contributed by atoms with Crippen LogP contribution >= 0.6 is 0 Å². The van der Waals surface area contributed by atoms with Crippen LogP contribution in [0.5, 0.6) is 0 Å². The maximum Gasteiger partial charge on any atom is 0.306 e. The van der Waals surface area contributed by atoms with Gasteiger partial charge < -0.3 is 9.84 Å². The Kier molecular flexibility index (Phi) is 34.1. The number of allylic oxidation sites excluding steroid dienone is 6. The SMILES string of the molecule is CC/C=C\C/C=C\C/C=C\CCCCCCCC(=O)OC(CCCCCCCCC)CCCCCCCCCCCC(=O)O. The topological polar surface area (TPSA) is 63.6 Å². The summed E-state index contributed by atoms with van der Waals surface area (Å²) < 4.78 is 6.02. The third-order valence-corrected chi connectivity index (χ3v) is 8.38. The van der Waals surface area contributed by atoms with Crippen molar-refractivity contribution in [1.82, 2.24) is 0 Å². The predicted molar refractivity (Wildman–Crippen MR) is 190 cm³/mol. The maximum absolute atomic E-state index is 12.6. The van der Waals surface area contributed by atoms with E-state index in [2.05, 4.69) is 50.3 Å². The highest BCUT2D eigenvalue weighted by atomic mass is 16.5. The minimum Gasteiger partial charge on any atom is -0.481 e. The number of esters is 1. The number of carboxylic acid groups (broad SMARTS) is 1. The fourth-order valence-corrected chi connectivity index (χ4v) is 5.61. The summed E-state index contributed by atoms with van der Waals surface area (Å²) in [4.78, 5) is 23.2. The molecule has 0 aromatic carbocycles. The van der Waals surface area contributed by atoms with Crippen molar-refractivity contribution in [2.24, 2.45) is 0 Å². The van der Waals surface area contributed by atoms with E-state index >= 15 is 0 Å². The first-order valence-corrected chi connectivity index (χ1v) is 19.0. The first-order chi connectivity index (χ1) is 21.6. The highest BCUT2D eigenvalue weighted by Crippen LogP contribution is 2.19. The van der Waals surface area contributed by atoms with Crippen molar-refractivity contribution >= 4 is 11.9 Å². The van der Waals surface area contributed by atoms with E-state index in [0.717, 1.165) is 77.0 Å². The lowest BCUT2D eigenvalue weighted by molar-refractivity contribution is -0.150. The Morgan fingerprint density at radius 2 is 0.955 bits per heavy atom. The van der Waals surface area contributed by atoms with Gasteiger partial charge in [-0.1, -0.05) is 153 Å². The molecule has 0 aliphatic rings. The van der Waals surface area contributed by atoms with Gasteiger partial charge in [0.2, 0.25) is 0 Å². The lowest BCUT2D eigenvalue weighted by atomic mass is 10.0. The zero-order chi connectivity index (χ0) is 32.2. The Balaban J connectivity index is 4.03. The van der Waals surface area contributed by atoms with Crippen LogP contribution in [0.2, 0.25) is 0 Å². The van der Waals surface area contributed by atoms with Crippen LogP contribution in [0, 0.1) is 0 Å². The average molecular weight is 617 g/mol. The number of carboxylic acids is 1. The molecule has 4 nitrogen and oxygen atoms in total. The summed E-state index contributed by atoms with van der Waals surface area (Å²) in [5.41, 5.74) is 0. The highest BCUT2D eigenvalue weighted by molar-refractivity contribution is 5.69. The summed E-state index contributed by atoms with van der Waals surface area (Å²) in [5, 5.41) is 8.72. The second-order valence-corrected chi connectivity index (χ2v) is 12.7. The van der Waals surface area contributed by atoms with Crippen molar-refractivity contribution in [3.8, 4) is 0 Å². The molecule has 0 radical (unpaired) electrons.